The van der Waals surface area contributed by atoms with E-state index in [-0.39, 0.29) is 18.1 Å². The van der Waals surface area contributed by atoms with Gasteiger partial charge < -0.3 is 19.2 Å². The van der Waals surface area contributed by atoms with Crippen LogP contribution in [-0.4, -0.2) is 29.8 Å². The van der Waals surface area contributed by atoms with E-state index in [9.17, 15) is 14.4 Å². The lowest BCUT2D eigenvalue weighted by Crippen LogP contribution is -2.31. The van der Waals surface area contributed by atoms with Gasteiger partial charge >= 0.3 is 12.1 Å². The molecule has 1 aromatic carbocycles. The van der Waals surface area contributed by atoms with Crippen LogP contribution in [-0.2, 0) is 14.3 Å². The number of nitrogens with zero attached hydrogens (tertiary/aromatic N) is 1. The number of carbonyl (C=O) groups is 2. The van der Waals surface area contributed by atoms with E-state index in [0.29, 0.717) is 23.4 Å². The summed E-state index contributed by atoms with van der Waals surface area (Å²) in [6.07, 6.45) is -1.72. The average molecular weight is 412 g/mol. The Balaban J connectivity index is 2.09. The Kier molecular flexibility index (Phi) is 7.76. The van der Waals surface area contributed by atoms with Crippen molar-refractivity contribution in [3.05, 3.63) is 51.9 Å². The number of pyridine rings is 1. The molecule has 1 atom stereocenters. The van der Waals surface area contributed by atoms with Gasteiger partial charge in [-0.05, 0) is 43.0 Å². The molecule has 0 fully saturated rings. The molecule has 2 rings (SSSR count). The highest BCUT2D eigenvalue weighted by Gasteiger charge is 2.24. The molecule has 158 valence electrons. The van der Waals surface area contributed by atoms with E-state index in [1.165, 1.54) is 6.07 Å². The second-order valence-corrected chi connectivity index (χ2v) is 7.08. The van der Waals surface area contributed by atoms with Crippen molar-refractivity contribution in [1.82, 2.24) is 4.98 Å². The minimum absolute atomic E-state index is 0.0223. The summed E-state index contributed by atoms with van der Waals surface area (Å²) in [5.41, 5.74) is 1.68. The van der Waals surface area contributed by atoms with Gasteiger partial charge in [-0.1, -0.05) is 32.9 Å². The fraction of sp³-hybridized carbons (Fsp3) is 0.364. The van der Waals surface area contributed by atoms with Gasteiger partial charge in [0, 0.05) is 11.3 Å². The number of esters is 1. The third-order valence-corrected chi connectivity index (χ3v) is 4.15. The van der Waals surface area contributed by atoms with Crippen LogP contribution in [0.4, 0.5) is 4.79 Å². The quantitative estimate of drug-likeness (QED) is 0.544. The summed E-state index contributed by atoms with van der Waals surface area (Å²) in [5, 5.41) is 9.06. The van der Waals surface area contributed by atoms with E-state index in [2.05, 4.69) is 9.72 Å². The molecule has 0 spiro atoms. The van der Waals surface area contributed by atoms with E-state index in [4.69, 9.17) is 14.7 Å². The number of nitrogens with one attached hydrogen (secondary N) is 1. The fourth-order valence-corrected chi connectivity index (χ4v) is 2.59. The fourth-order valence-electron chi connectivity index (χ4n) is 2.59. The molecule has 8 nitrogen and oxygen atoms in total. The van der Waals surface area contributed by atoms with Gasteiger partial charge in [-0.3, -0.25) is 4.79 Å². The molecule has 0 aliphatic rings. The molecular formula is C22H24N2O6. The van der Waals surface area contributed by atoms with Crippen LogP contribution in [0.5, 0.6) is 5.75 Å². The van der Waals surface area contributed by atoms with Crippen LogP contribution in [0.2, 0.25) is 0 Å². The van der Waals surface area contributed by atoms with Gasteiger partial charge in [0.05, 0.1) is 6.61 Å². The van der Waals surface area contributed by atoms with Crippen molar-refractivity contribution < 1.29 is 23.8 Å². The Bertz CT molecular complexity index is 1000. The Morgan fingerprint density at radius 1 is 1.20 bits per heavy atom. The second kappa shape index (κ2) is 10.3. The van der Waals surface area contributed by atoms with Crippen molar-refractivity contribution in [2.24, 2.45) is 5.92 Å². The van der Waals surface area contributed by atoms with E-state index in [1.54, 1.807) is 38.1 Å². The summed E-state index contributed by atoms with van der Waals surface area (Å²) in [4.78, 5) is 38.1. The standard InChI is InChI=1S/C22H24N2O6/c1-5-19(21(26)30-22(27)28-12-13(2)3)29-17-8-6-15(7-9-17)18-10-16(11-23)20(25)24-14(18)4/h6-10,13,19H,5,12H2,1-4H3,(H,24,25). The van der Waals surface area contributed by atoms with Crippen molar-refractivity contribution in [3.8, 4) is 22.9 Å². The van der Waals surface area contributed by atoms with Gasteiger partial charge in [0.15, 0.2) is 6.10 Å². The number of benzene rings is 1. The predicted octanol–water partition coefficient (Wildman–Crippen LogP) is 3.72. The number of H-pyrrole nitrogens is 1. The number of aromatic amines is 1. The predicted molar refractivity (Wildman–Crippen MR) is 109 cm³/mol. The third-order valence-electron chi connectivity index (χ3n) is 4.15. The van der Waals surface area contributed by atoms with Gasteiger partial charge in [-0.15, -0.1) is 0 Å². The molecule has 0 radical (unpaired) electrons. The minimum Gasteiger partial charge on any atom is -0.479 e. The molecule has 0 amide bonds. The number of nitriles is 1. The zero-order valence-electron chi connectivity index (χ0n) is 17.4. The summed E-state index contributed by atoms with van der Waals surface area (Å²) in [6.45, 7) is 7.36. The van der Waals surface area contributed by atoms with Crippen LogP contribution in [0, 0.1) is 24.2 Å². The molecular weight excluding hydrogens is 388 g/mol. The van der Waals surface area contributed by atoms with E-state index in [1.807, 2.05) is 19.9 Å². The van der Waals surface area contributed by atoms with Gasteiger partial charge in [-0.25, -0.2) is 9.59 Å². The van der Waals surface area contributed by atoms with Crippen LogP contribution in [0.3, 0.4) is 0 Å². The molecule has 2 aromatic rings. The Morgan fingerprint density at radius 2 is 1.87 bits per heavy atom. The summed E-state index contributed by atoms with van der Waals surface area (Å²) in [5.74, 6) is -0.300. The molecule has 0 saturated carbocycles. The summed E-state index contributed by atoms with van der Waals surface area (Å²) >= 11 is 0. The first kappa shape index (κ1) is 22.7. The summed E-state index contributed by atoms with van der Waals surface area (Å²) in [7, 11) is 0. The topological polar surface area (TPSA) is 118 Å². The highest BCUT2D eigenvalue weighted by Crippen LogP contribution is 2.25. The van der Waals surface area contributed by atoms with Crippen LogP contribution < -0.4 is 10.3 Å². The maximum absolute atomic E-state index is 12.2. The number of hydrogen-bond donors (Lipinski definition) is 1. The maximum atomic E-state index is 12.2. The lowest BCUT2D eigenvalue weighted by Gasteiger charge is -2.16. The average Bonchev–Trinajstić information content (AvgIpc) is 2.71. The molecule has 1 heterocycles. The molecule has 0 bridgehead atoms. The van der Waals surface area contributed by atoms with Crippen LogP contribution in [0.1, 0.15) is 38.4 Å². The molecule has 0 aliphatic heterocycles. The molecule has 1 N–H and O–H groups in total. The second-order valence-electron chi connectivity index (χ2n) is 7.08. The normalized spacial score (nSPS) is 11.5. The van der Waals surface area contributed by atoms with Gasteiger partial charge in [0.25, 0.3) is 5.56 Å². The van der Waals surface area contributed by atoms with Crippen molar-refractivity contribution in [1.29, 1.82) is 5.26 Å². The Morgan fingerprint density at radius 3 is 2.43 bits per heavy atom. The Hall–Kier alpha value is -3.60. The smallest absolute Gasteiger partial charge is 0.479 e. The number of aryl methyl sites for hydroxylation is 1. The third kappa shape index (κ3) is 5.95. The van der Waals surface area contributed by atoms with E-state index >= 15 is 0 Å². The molecule has 30 heavy (non-hydrogen) atoms. The number of rotatable bonds is 7. The highest BCUT2D eigenvalue weighted by molar-refractivity contribution is 5.85. The molecule has 0 aliphatic carbocycles. The molecule has 8 heteroatoms. The zero-order valence-corrected chi connectivity index (χ0v) is 17.4. The summed E-state index contributed by atoms with van der Waals surface area (Å²) < 4.78 is 15.2. The minimum atomic E-state index is -1.05. The zero-order chi connectivity index (χ0) is 22.3. The Labute approximate surface area is 174 Å². The highest BCUT2D eigenvalue weighted by atomic mass is 16.7. The molecule has 1 unspecified atom stereocenters. The van der Waals surface area contributed by atoms with Crippen molar-refractivity contribution in [2.45, 2.75) is 40.2 Å². The van der Waals surface area contributed by atoms with Crippen LogP contribution in [0.15, 0.2) is 35.1 Å². The number of aromatic nitrogens is 1. The number of carbonyl (C=O) groups excluding carboxylic acids is 2. The largest absolute Gasteiger partial charge is 0.516 e. The molecule has 0 saturated heterocycles. The van der Waals surface area contributed by atoms with Gasteiger partial charge in [0.1, 0.15) is 17.4 Å². The first-order chi connectivity index (χ1) is 14.2. The van der Waals surface area contributed by atoms with Crippen molar-refractivity contribution in [3.63, 3.8) is 0 Å². The van der Waals surface area contributed by atoms with E-state index < -0.39 is 23.8 Å². The van der Waals surface area contributed by atoms with Gasteiger partial charge in [0.2, 0.25) is 0 Å². The van der Waals surface area contributed by atoms with Crippen LogP contribution >= 0.6 is 0 Å². The van der Waals surface area contributed by atoms with Crippen molar-refractivity contribution in [2.75, 3.05) is 6.61 Å². The lowest BCUT2D eigenvalue weighted by molar-refractivity contribution is -0.148. The van der Waals surface area contributed by atoms with Crippen LogP contribution in [0.25, 0.3) is 11.1 Å². The van der Waals surface area contributed by atoms with E-state index in [0.717, 1.165) is 5.56 Å². The number of ether oxygens (including phenoxy) is 3. The first-order valence-corrected chi connectivity index (χ1v) is 9.54. The van der Waals surface area contributed by atoms with Crippen molar-refractivity contribution >= 4 is 12.1 Å². The van der Waals surface area contributed by atoms with Gasteiger partial charge in [-0.2, -0.15) is 5.26 Å². The lowest BCUT2D eigenvalue weighted by atomic mass is 10.0. The molecule has 1 aromatic heterocycles. The first-order valence-electron chi connectivity index (χ1n) is 9.54. The summed E-state index contributed by atoms with van der Waals surface area (Å²) in [6, 6.07) is 10.2. The SMILES string of the molecule is CCC(Oc1ccc(-c2cc(C#N)c(=O)[nH]c2C)cc1)C(=O)OC(=O)OCC(C)C. The monoisotopic (exact) mass is 412 g/mol. The maximum Gasteiger partial charge on any atom is 0.516 e. The number of hydrogen-bond acceptors (Lipinski definition) is 7.